The van der Waals surface area contributed by atoms with Gasteiger partial charge in [0.25, 0.3) is 0 Å². The summed E-state index contributed by atoms with van der Waals surface area (Å²) in [6, 6.07) is 2.82. The highest BCUT2D eigenvalue weighted by Crippen LogP contribution is 2.29. The molecule has 3 N–H and O–H groups in total. The minimum Gasteiger partial charge on any atom is -0.406 e. The van der Waals surface area contributed by atoms with E-state index in [1.807, 2.05) is 0 Å². The lowest BCUT2D eigenvalue weighted by Crippen LogP contribution is -2.49. The van der Waals surface area contributed by atoms with Crippen molar-refractivity contribution in [2.45, 2.75) is 61.6 Å². The van der Waals surface area contributed by atoms with Gasteiger partial charge in [0.1, 0.15) is 11.9 Å². The van der Waals surface area contributed by atoms with Gasteiger partial charge in [0.2, 0.25) is 15.9 Å². The van der Waals surface area contributed by atoms with Crippen molar-refractivity contribution in [3.63, 3.8) is 0 Å². The topological polar surface area (TPSA) is 102 Å². The van der Waals surface area contributed by atoms with E-state index >= 15 is 0 Å². The van der Waals surface area contributed by atoms with Crippen molar-refractivity contribution in [1.82, 2.24) is 9.62 Å². The van der Waals surface area contributed by atoms with Crippen LogP contribution in [0.4, 0.5) is 17.6 Å². The molecule has 1 aliphatic heterocycles. The molecule has 0 radical (unpaired) electrons. The summed E-state index contributed by atoms with van der Waals surface area (Å²) >= 11 is 0. The summed E-state index contributed by atoms with van der Waals surface area (Å²) in [6.45, 7) is 0.421. The first-order valence-corrected chi connectivity index (χ1v) is 11.5. The van der Waals surface area contributed by atoms with Crippen LogP contribution in [-0.2, 0) is 14.8 Å². The van der Waals surface area contributed by atoms with Crippen LogP contribution < -0.4 is 15.2 Å². The second-order valence-electron chi connectivity index (χ2n) is 7.95. The number of sulfonamides is 1. The zero-order valence-electron chi connectivity index (χ0n) is 16.6. The van der Waals surface area contributed by atoms with Gasteiger partial charge in [0, 0.05) is 12.6 Å². The van der Waals surface area contributed by atoms with Gasteiger partial charge in [-0.25, -0.2) is 17.5 Å². The number of hydrogen-bond donors (Lipinski definition) is 2. The molecule has 0 unspecified atom stereocenters. The maximum Gasteiger partial charge on any atom is 0.573 e. The van der Waals surface area contributed by atoms with Crippen LogP contribution in [0.25, 0.3) is 0 Å². The average Bonchev–Trinajstić information content (AvgIpc) is 3.12. The van der Waals surface area contributed by atoms with Crippen molar-refractivity contribution >= 4 is 15.9 Å². The van der Waals surface area contributed by atoms with Crippen LogP contribution in [0.3, 0.4) is 0 Å². The molecule has 0 bridgehead atoms. The Morgan fingerprint density at radius 2 is 1.74 bits per heavy atom. The monoisotopic (exact) mass is 467 g/mol. The lowest BCUT2D eigenvalue weighted by Gasteiger charge is -2.33. The molecule has 1 heterocycles. The Morgan fingerprint density at radius 1 is 1.13 bits per heavy atom. The maximum atomic E-state index is 13.3. The number of rotatable bonds is 6. The number of amides is 1. The fourth-order valence-electron chi connectivity index (χ4n) is 4.03. The Hall–Kier alpha value is -1.92. The summed E-state index contributed by atoms with van der Waals surface area (Å²) < 4.78 is 81.4. The van der Waals surface area contributed by atoms with Crippen LogP contribution in [0.2, 0.25) is 0 Å². The molecule has 3 rings (SSSR count). The van der Waals surface area contributed by atoms with Crippen molar-refractivity contribution < 1.29 is 35.5 Å². The van der Waals surface area contributed by atoms with Gasteiger partial charge in [-0.05, 0) is 62.3 Å². The smallest absolute Gasteiger partial charge is 0.406 e. The van der Waals surface area contributed by atoms with E-state index in [1.54, 1.807) is 0 Å². The molecule has 0 spiro atoms. The van der Waals surface area contributed by atoms with Gasteiger partial charge in [-0.2, -0.15) is 0 Å². The molecule has 1 saturated carbocycles. The Morgan fingerprint density at radius 3 is 2.26 bits per heavy atom. The van der Waals surface area contributed by atoms with E-state index in [0.717, 1.165) is 24.3 Å². The quantitative estimate of drug-likeness (QED) is 0.626. The predicted molar refractivity (Wildman–Crippen MR) is 103 cm³/mol. The van der Waals surface area contributed by atoms with Gasteiger partial charge in [-0.3, -0.25) is 4.79 Å². The van der Waals surface area contributed by atoms with E-state index in [2.05, 4.69) is 9.46 Å². The van der Waals surface area contributed by atoms with Gasteiger partial charge in [-0.1, -0.05) is 0 Å². The molecule has 0 aromatic heterocycles. The number of ether oxygens (including phenoxy) is 1. The van der Waals surface area contributed by atoms with Gasteiger partial charge < -0.3 is 15.4 Å². The lowest BCUT2D eigenvalue weighted by molar-refractivity contribution is -0.274. The van der Waals surface area contributed by atoms with Crippen LogP contribution >= 0.6 is 0 Å². The highest BCUT2D eigenvalue weighted by molar-refractivity contribution is 7.89. The molecule has 1 aromatic carbocycles. The van der Waals surface area contributed by atoms with E-state index in [4.69, 9.17) is 5.73 Å². The molecule has 1 aliphatic carbocycles. The number of likely N-dealkylation sites (tertiary alicyclic amines) is 1. The van der Waals surface area contributed by atoms with Gasteiger partial charge in [-0.15, -0.1) is 13.2 Å². The SMILES string of the molecule is N[C@H](C(=O)N1CC[C@H](F)C1)C1CCC(NS(=O)(=O)c2ccc(OC(F)(F)F)cc2)CC1. The van der Waals surface area contributed by atoms with Crippen molar-refractivity contribution in [3.8, 4) is 5.75 Å². The Balaban J connectivity index is 1.52. The minimum atomic E-state index is -4.86. The number of nitrogens with two attached hydrogens (primary N) is 1. The van der Waals surface area contributed by atoms with Crippen LogP contribution in [0.15, 0.2) is 29.2 Å². The first-order chi connectivity index (χ1) is 14.4. The first-order valence-electron chi connectivity index (χ1n) is 10.0. The summed E-state index contributed by atoms with van der Waals surface area (Å²) in [7, 11) is -3.93. The van der Waals surface area contributed by atoms with Crippen molar-refractivity contribution in [2.75, 3.05) is 13.1 Å². The number of carbonyl (C=O) groups is 1. The van der Waals surface area contributed by atoms with Crippen molar-refractivity contribution in [1.29, 1.82) is 0 Å². The second-order valence-corrected chi connectivity index (χ2v) is 9.66. The molecular formula is C19H25F4N3O4S. The molecule has 31 heavy (non-hydrogen) atoms. The normalized spacial score (nSPS) is 26.0. The highest BCUT2D eigenvalue weighted by Gasteiger charge is 2.36. The summed E-state index contributed by atoms with van der Waals surface area (Å²) in [5, 5.41) is 0. The summed E-state index contributed by atoms with van der Waals surface area (Å²) in [5.41, 5.74) is 6.09. The van der Waals surface area contributed by atoms with E-state index in [9.17, 15) is 30.8 Å². The molecule has 1 aromatic rings. The van der Waals surface area contributed by atoms with Gasteiger partial charge in [0.05, 0.1) is 17.5 Å². The molecule has 1 amide bonds. The molecule has 7 nitrogen and oxygen atoms in total. The Kier molecular flexibility index (Phi) is 7.11. The average molecular weight is 467 g/mol. The Labute approximate surface area is 178 Å². The molecule has 2 aliphatic rings. The lowest BCUT2D eigenvalue weighted by atomic mass is 9.81. The molecule has 1 saturated heterocycles. The second kappa shape index (κ2) is 9.29. The summed E-state index contributed by atoms with van der Waals surface area (Å²) in [5.74, 6) is -0.904. The third-order valence-electron chi connectivity index (χ3n) is 5.70. The number of hydrogen-bond acceptors (Lipinski definition) is 5. The molecule has 12 heteroatoms. The van der Waals surface area contributed by atoms with E-state index in [-0.39, 0.29) is 29.3 Å². The van der Waals surface area contributed by atoms with Crippen molar-refractivity contribution in [2.24, 2.45) is 11.7 Å². The number of alkyl halides is 4. The minimum absolute atomic E-state index is 0.0640. The number of carbonyl (C=O) groups excluding carboxylic acids is 1. The first kappa shape index (κ1) is 23.7. The Bertz CT molecular complexity index is 871. The van der Waals surface area contributed by atoms with Gasteiger partial charge in [0.15, 0.2) is 0 Å². The summed E-state index contributed by atoms with van der Waals surface area (Å²) in [4.78, 5) is 13.7. The molecular weight excluding hydrogens is 442 g/mol. The third kappa shape index (κ3) is 6.30. The van der Waals surface area contributed by atoms with Crippen molar-refractivity contribution in [3.05, 3.63) is 24.3 Å². The molecule has 174 valence electrons. The fraction of sp³-hybridized carbons (Fsp3) is 0.632. The highest BCUT2D eigenvalue weighted by atomic mass is 32.2. The number of nitrogens with one attached hydrogen (secondary N) is 1. The van der Waals surface area contributed by atoms with Gasteiger partial charge >= 0.3 is 6.36 Å². The zero-order valence-corrected chi connectivity index (χ0v) is 17.5. The fourth-order valence-corrected chi connectivity index (χ4v) is 5.34. The van der Waals surface area contributed by atoms with E-state index < -0.39 is 34.3 Å². The number of halogens is 4. The maximum absolute atomic E-state index is 13.3. The largest absolute Gasteiger partial charge is 0.573 e. The van der Waals surface area contributed by atoms with Crippen LogP contribution in [-0.4, -0.2) is 56.9 Å². The zero-order chi connectivity index (χ0) is 22.8. The van der Waals surface area contributed by atoms with E-state index in [1.165, 1.54) is 4.90 Å². The summed E-state index contributed by atoms with van der Waals surface area (Å²) in [6.07, 6.45) is -3.57. The molecule has 2 atom stereocenters. The number of nitrogens with zero attached hydrogens (tertiary/aromatic N) is 1. The molecule has 2 fully saturated rings. The third-order valence-corrected chi connectivity index (χ3v) is 7.23. The van der Waals surface area contributed by atoms with Crippen LogP contribution in [0.5, 0.6) is 5.75 Å². The predicted octanol–water partition coefficient (Wildman–Crippen LogP) is 2.32. The van der Waals surface area contributed by atoms with Crippen LogP contribution in [0.1, 0.15) is 32.1 Å². The standard InChI is InChI=1S/C19H25F4N3O4S/c20-13-9-10-26(11-13)18(27)17(24)12-1-3-14(4-2-12)25-31(28,29)16-7-5-15(6-8-16)30-19(21,22)23/h5-8,12-14,17,25H,1-4,9-11,24H2/t12?,13-,14?,17-/m0/s1. The van der Waals surface area contributed by atoms with E-state index in [0.29, 0.717) is 38.6 Å². The van der Waals surface area contributed by atoms with Crippen LogP contribution in [0, 0.1) is 5.92 Å². The number of benzene rings is 1.